The summed E-state index contributed by atoms with van der Waals surface area (Å²) in [4.78, 5) is 2.50. The summed E-state index contributed by atoms with van der Waals surface area (Å²) in [6, 6.07) is 2.49. The van der Waals surface area contributed by atoms with Crippen molar-refractivity contribution in [2.45, 2.75) is 50.2 Å². The van der Waals surface area contributed by atoms with Crippen molar-refractivity contribution in [1.29, 1.82) is 0 Å². The monoisotopic (exact) mass is 314 g/mol. The summed E-state index contributed by atoms with van der Waals surface area (Å²) < 4.78 is 29.2. The number of nitrogens with one attached hydrogen (secondary N) is 1. The summed E-state index contributed by atoms with van der Waals surface area (Å²) in [5.41, 5.74) is 6.52. The van der Waals surface area contributed by atoms with Crippen LogP contribution in [0.15, 0.2) is 17.2 Å². The van der Waals surface area contributed by atoms with Gasteiger partial charge in [0, 0.05) is 43.6 Å². The van der Waals surface area contributed by atoms with Crippen LogP contribution in [-0.2, 0) is 16.6 Å². The molecule has 0 amide bonds. The van der Waals surface area contributed by atoms with Gasteiger partial charge in [-0.2, -0.15) is 0 Å². The Kier molecular flexibility index (Phi) is 5.08. The summed E-state index contributed by atoms with van der Waals surface area (Å²) in [6.07, 6.45) is 4.11. The SMILES string of the molecule is CC(C)n1cc(S(=O)(=O)NCCN(C)C2CC2)cc1CN. The molecule has 1 aliphatic rings. The van der Waals surface area contributed by atoms with Crippen LogP contribution in [0.5, 0.6) is 0 Å². The zero-order valence-electron chi connectivity index (χ0n) is 13.0. The second-order valence-electron chi connectivity index (χ2n) is 5.98. The molecule has 0 bridgehead atoms. The molecule has 21 heavy (non-hydrogen) atoms. The van der Waals surface area contributed by atoms with Crippen LogP contribution in [0.4, 0.5) is 0 Å². The normalized spacial score (nSPS) is 16.1. The first-order valence-corrected chi connectivity index (χ1v) is 8.94. The lowest BCUT2D eigenvalue weighted by molar-refractivity contribution is 0.329. The van der Waals surface area contributed by atoms with Crippen LogP contribution in [0.1, 0.15) is 38.4 Å². The van der Waals surface area contributed by atoms with E-state index in [9.17, 15) is 8.42 Å². The van der Waals surface area contributed by atoms with E-state index in [-0.39, 0.29) is 6.04 Å². The molecule has 0 radical (unpaired) electrons. The molecule has 0 atom stereocenters. The quantitative estimate of drug-likeness (QED) is 0.747. The van der Waals surface area contributed by atoms with Crippen molar-refractivity contribution in [3.05, 3.63) is 18.0 Å². The van der Waals surface area contributed by atoms with Gasteiger partial charge in [0.25, 0.3) is 0 Å². The van der Waals surface area contributed by atoms with Crippen LogP contribution < -0.4 is 10.5 Å². The van der Waals surface area contributed by atoms with Gasteiger partial charge in [-0.05, 0) is 39.8 Å². The third kappa shape index (κ3) is 4.06. The third-order valence-corrected chi connectivity index (χ3v) is 5.34. The van der Waals surface area contributed by atoms with E-state index in [1.165, 1.54) is 12.8 Å². The van der Waals surface area contributed by atoms with E-state index in [1.54, 1.807) is 12.3 Å². The maximum absolute atomic E-state index is 12.3. The van der Waals surface area contributed by atoms with Gasteiger partial charge in [0.15, 0.2) is 0 Å². The smallest absolute Gasteiger partial charge is 0.242 e. The summed E-state index contributed by atoms with van der Waals surface area (Å²) in [6.45, 7) is 5.51. The molecule has 7 heteroatoms. The number of sulfonamides is 1. The molecule has 0 aliphatic heterocycles. The Bertz CT molecular complexity index is 576. The zero-order chi connectivity index (χ0) is 15.6. The van der Waals surface area contributed by atoms with Gasteiger partial charge in [-0.3, -0.25) is 0 Å². The van der Waals surface area contributed by atoms with E-state index >= 15 is 0 Å². The van der Waals surface area contributed by atoms with Crippen molar-refractivity contribution >= 4 is 10.0 Å². The van der Waals surface area contributed by atoms with Crippen molar-refractivity contribution in [2.24, 2.45) is 5.73 Å². The molecule has 0 spiro atoms. The summed E-state index contributed by atoms with van der Waals surface area (Å²) in [5.74, 6) is 0. The Labute approximate surface area is 127 Å². The van der Waals surface area contributed by atoms with Crippen LogP contribution in [0.2, 0.25) is 0 Å². The Morgan fingerprint density at radius 1 is 1.48 bits per heavy atom. The summed E-state index contributed by atoms with van der Waals surface area (Å²) in [7, 11) is -1.42. The fourth-order valence-electron chi connectivity index (χ4n) is 2.43. The van der Waals surface area contributed by atoms with E-state index < -0.39 is 10.0 Å². The zero-order valence-corrected chi connectivity index (χ0v) is 13.9. The van der Waals surface area contributed by atoms with Gasteiger partial charge in [-0.25, -0.2) is 13.1 Å². The van der Waals surface area contributed by atoms with Crippen LogP contribution in [0.25, 0.3) is 0 Å². The second-order valence-corrected chi connectivity index (χ2v) is 7.75. The minimum absolute atomic E-state index is 0.188. The highest BCUT2D eigenvalue weighted by molar-refractivity contribution is 7.89. The van der Waals surface area contributed by atoms with E-state index in [0.29, 0.717) is 24.0 Å². The van der Waals surface area contributed by atoms with Gasteiger partial charge in [0.2, 0.25) is 10.0 Å². The van der Waals surface area contributed by atoms with Crippen molar-refractivity contribution in [3.63, 3.8) is 0 Å². The predicted molar refractivity (Wildman–Crippen MR) is 83.5 cm³/mol. The largest absolute Gasteiger partial charge is 0.346 e. The maximum Gasteiger partial charge on any atom is 0.242 e. The van der Waals surface area contributed by atoms with Gasteiger partial charge < -0.3 is 15.2 Å². The number of nitrogens with zero attached hydrogens (tertiary/aromatic N) is 2. The van der Waals surface area contributed by atoms with Gasteiger partial charge >= 0.3 is 0 Å². The molecule has 0 aromatic carbocycles. The van der Waals surface area contributed by atoms with Gasteiger partial charge in [-0.15, -0.1) is 0 Å². The van der Waals surface area contributed by atoms with Crippen molar-refractivity contribution in [3.8, 4) is 0 Å². The minimum Gasteiger partial charge on any atom is -0.346 e. The molecule has 3 N–H and O–H groups in total. The highest BCUT2D eigenvalue weighted by Gasteiger charge is 2.26. The van der Waals surface area contributed by atoms with Gasteiger partial charge in [0.05, 0.1) is 4.90 Å². The van der Waals surface area contributed by atoms with E-state index in [4.69, 9.17) is 5.73 Å². The van der Waals surface area contributed by atoms with Crippen molar-refractivity contribution in [2.75, 3.05) is 20.1 Å². The molecule has 1 aromatic rings. The van der Waals surface area contributed by atoms with Gasteiger partial charge in [-0.1, -0.05) is 0 Å². The summed E-state index contributed by atoms with van der Waals surface area (Å²) in [5, 5.41) is 0. The molecule has 1 saturated carbocycles. The molecule has 0 saturated heterocycles. The Hall–Kier alpha value is -0.890. The average Bonchev–Trinajstić information content (AvgIpc) is 3.16. The molecular weight excluding hydrogens is 288 g/mol. The Balaban J connectivity index is 2.01. The van der Waals surface area contributed by atoms with Crippen molar-refractivity contribution < 1.29 is 8.42 Å². The second kappa shape index (κ2) is 6.48. The lowest BCUT2D eigenvalue weighted by Crippen LogP contribution is -2.33. The Morgan fingerprint density at radius 3 is 2.62 bits per heavy atom. The molecule has 1 heterocycles. The lowest BCUT2D eigenvalue weighted by Gasteiger charge is -2.15. The fourth-order valence-corrected chi connectivity index (χ4v) is 3.50. The molecule has 6 nitrogen and oxygen atoms in total. The highest BCUT2D eigenvalue weighted by Crippen LogP contribution is 2.24. The Morgan fingerprint density at radius 2 is 2.14 bits per heavy atom. The van der Waals surface area contributed by atoms with Crippen LogP contribution >= 0.6 is 0 Å². The summed E-state index contributed by atoms with van der Waals surface area (Å²) >= 11 is 0. The van der Waals surface area contributed by atoms with Crippen LogP contribution in [0.3, 0.4) is 0 Å². The minimum atomic E-state index is -3.46. The van der Waals surface area contributed by atoms with E-state index in [1.807, 2.05) is 25.5 Å². The predicted octanol–water partition coefficient (Wildman–Crippen LogP) is 0.900. The van der Waals surface area contributed by atoms with Crippen LogP contribution in [0, 0.1) is 0 Å². The fraction of sp³-hybridized carbons (Fsp3) is 0.714. The van der Waals surface area contributed by atoms with Gasteiger partial charge in [0.1, 0.15) is 0 Å². The third-order valence-electron chi connectivity index (χ3n) is 3.91. The van der Waals surface area contributed by atoms with E-state index in [2.05, 4.69) is 9.62 Å². The first kappa shape index (κ1) is 16.5. The lowest BCUT2D eigenvalue weighted by atomic mass is 10.3. The average molecular weight is 314 g/mol. The number of hydrogen-bond donors (Lipinski definition) is 2. The molecule has 1 aliphatic carbocycles. The number of likely N-dealkylation sites (N-methyl/N-ethyl adjacent to an activating group) is 1. The standard InChI is InChI=1S/C14H26N4O2S/c1-11(2)18-10-14(8-13(18)9-15)21(19,20)16-6-7-17(3)12-4-5-12/h8,10-12,16H,4-7,9,15H2,1-3H3. The first-order valence-electron chi connectivity index (χ1n) is 7.46. The number of aromatic nitrogens is 1. The number of hydrogen-bond acceptors (Lipinski definition) is 4. The van der Waals surface area contributed by atoms with Crippen LogP contribution in [-0.4, -0.2) is 44.1 Å². The molecule has 120 valence electrons. The van der Waals surface area contributed by atoms with Crippen molar-refractivity contribution in [1.82, 2.24) is 14.2 Å². The first-order chi connectivity index (χ1) is 9.85. The molecule has 1 fully saturated rings. The molecule has 0 unspecified atom stereocenters. The molecule has 2 rings (SSSR count). The molecule has 1 aromatic heterocycles. The maximum atomic E-state index is 12.3. The topological polar surface area (TPSA) is 80.4 Å². The molecular formula is C14H26N4O2S. The number of nitrogens with two attached hydrogens (primary N) is 1. The van der Waals surface area contributed by atoms with E-state index in [0.717, 1.165) is 12.2 Å². The highest BCUT2D eigenvalue weighted by atomic mass is 32.2. The number of rotatable bonds is 8.